The van der Waals surface area contributed by atoms with Gasteiger partial charge in [-0.3, -0.25) is 14.4 Å². The zero-order chi connectivity index (χ0) is 24.0. The molecular formula is C25H20N2O7. The number of carbonyl (C=O) groups is 3. The van der Waals surface area contributed by atoms with E-state index >= 15 is 0 Å². The number of benzene rings is 3. The number of hydroxylamine groups is 1. The van der Waals surface area contributed by atoms with Gasteiger partial charge in [0, 0.05) is 0 Å². The Hall–Kier alpha value is -4.37. The molecule has 3 aromatic carbocycles. The van der Waals surface area contributed by atoms with E-state index in [2.05, 4.69) is 0 Å². The second-order valence-corrected chi connectivity index (χ2v) is 7.95. The number of hydrogen-bond acceptors (Lipinski definition) is 7. The first-order chi connectivity index (χ1) is 16.4. The summed E-state index contributed by atoms with van der Waals surface area (Å²) in [6.07, 6.45) is -1.07. The fourth-order valence-electron chi connectivity index (χ4n) is 4.44. The van der Waals surface area contributed by atoms with Crippen molar-refractivity contribution >= 4 is 29.2 Å². The van der Waals surface area contributed by atoms with Gasteiger partial charge in [-0.05, 0) is 54.1 Å². The Morgan fingerprint density at radius 3 is 2.29 bits per heavy atom. The van der Waals surface area contributed by atoms with E-state index in [1.165, 1.54) is 37.4 Å². The fraction of sp³-hybridized carbons (Fsp3) is 0.160. The van der Waals surface area contributed by atoms with Crippen LogP contribution in [0.3, 0.4) is 0 Å². The molecule has 9 heteroatoms. The molecule has 172 valence electrons. The number of carbonyl (C=O) groups excluding carboxylic acids is 2. The Kier molecular flexibility index (Phi) is 5.18. The molecule has 0 aromatic heterocycles. The molecule has 0 unspecified atom stereocenters. The molecule has 2 aliphatic heterocycles. The molecule has 0 bridgehead atoms. The molecule has 2 aliphatic rings. The number of para-hydroxylation sites is 1. The van der Waals surface area contributed by atoms with Gasteiger partial charge in [0.2, 0.25) is 5.91 Å². The summed E-state index contributed by atoms with van der Waals surface area (Å²) in [4.78, 5) is 45.2. The molecule has 5 rings (SSSR count). The van der Waals surface area contributed by atoms with Crippen LogP contribution in [0.4, 0.5) is 11.4 Å². The number of ether oxygens (including phenoxy) is 1. The average Bonchev–Trinajstić information content (AvgIpc) is 3.36. The summed E-state index contributed by atoms with van der Waals surface area (Å²) in [5.74, 6) is -2.80. The lowest BCUT2D eigenvalue weighted by molar-refractivity contribution is -0.126. The lowest BCUT2D eigenvalue weighted by Crippen LogP contribution is -2.37. The molecule has 0 aliphatic carbocycles. The second kappa shape index (κ2) is 8.20. The van der Waals surface area contributed by atoms with Crippen molar-refractivity contribution in [1.29, 1.82) is 0 Å². The quantitative estimate of drug-likeness (QED) is 0.558. The van der Waals surface area contributed by atoms with Gasteiger partial charge in [0.15, 0.2) is 17.6 Å². The highest BCUT2D eigenvalue weighted by atomic mass is 16.7. The van der Waals surface area contributed by atoms with Gasteiger partial charge in [-0.15, -0.1) is 0 Å². The maximum atomic E-state index is 13.6. The zero-order valence-corrected chi connectivity index (χ0v) is 18.0. The molecule has 0 saturated carbocycles. The number of fused-ring (bicyclic) bond motifs is 1. The highest BCUT2D eigenvalue weighted by Gasteiger charge is 2.60. The van der Waals surface area contributed by atoms with Crippen LogP contribution in [0.25, 0.3) is 0 Å². The van der Waals surface area contributed by atoms with Crippen LogP contribution in [-0.2, 0) is 14.4 Å². The molecule has 0 radical (unpaired) electrons. The number of aromatic hydroxyl groups is 1. The molecule has 2 saturated heterocycles. The van der Waals surface area contributed by atoms with Crippen molar-refractivity contribution < 1.29 is 34.2 Å². The predicted molar refractivity (Wildman–Crippen MR) is 121 cm³/mol. The minimum atomic E-state index is -1.11. The highest BCUT2D eigenvalue weighted by Crippen LogP contribution is 2.48. The van der Waals surface area contributed by atoms with Gasteiger partial charge in [-0.2, -0.15) is 0 Å². The highest BCUT2D eigenvalue weighted by molar-refractivity contribution is 6.24. The predicted octanol–water partition coefficient (Wildman–Crippen LogP) is 3.15. The number of phenolic OH excluding ortho intramolecular Hbond substituents is 1. The summed E-state index contributed by atoms with van der Waals surface area (Å²) in [5.41, 5.74) is 1.59. The third-order valence-corrected chi connectivity index (χ3v) is 6.04. The summed E-state index contributed by atoms with van der Waals surface area (Å²) in [7, 11) is 1.43. The van der Waals surface area contributed by atoms with Gasteiger partial charge >= 0.3 is 5.97 Å². The number of carboxylic acid groups (broad SMARTS) is 1. The molecule has 2 fully saturated rings. The lowest BCUT2D eigenvalue weighted by atomic mass is 9.90. The molecule has 3 aromatic rings. The summed E-state index contributed by atoms with van der Waals surface area (Å²) in [6, 6.07) is 18.7. The van der Waals surface area contributed by atoms with Crippen molar-refractivity contribution in [2.45, 2.75) is 12.1 Å². The maximum Gasteiger partial charge on any atom is 0.335 e. The van der Waals surface area contributed by atoms with Gasteiger partial charge in [0.05, 0.1) is 30.1 Å². The van der Waals surface area contributed by atoms with Crippen molar-refractivity contribution in [3.05, 3.63) is 83.9 Å². The Morgan fingerprint density at radius 1 is 0.941 bits per heavy atom. The van der Waals surface area contributed by atoms with Crippen molar-refractivity contribution in [2.75, 3.05) is 17.1 Å². The van der Waals surface area contributed by atoms with Crippen LogP contribution in [0.1, 0.15) is 22.0 Å². The zero-order valence-electron chi connectivity index (χ0n) is 18.0. The van der Waals surface area contributed by atoms with Crippen LogP contribution < -0.4 is 14.7 Å². The normalized spacial score (nSPS) is 21.6. The lowest BCUT2D eigenvalue weighted by Gasteiger charge is -2.29. The number of methoxy groups -OCH3 is 1. The van der Waals surface area contributed by atoms with Crippen LogP contribution in [0.2, 0.25) is 0 Å². The van der Waals surface area contributed by atoms with E-state index in [1.807, 2.05) is 30.3 Å². The molecule has 2 heterocycles. The van der Waals surface area contributed by atoms with Crippen molar-refractivity contribution in [3.8, 4) is 11.5 Å². The van der Waals surface area contributed by atoms with E-state index in [1.54, 1.807) is 17.2 Å². The number of imide groups is 1. The molecule has 3 atom stereocenters. The maximum absolute atomic E-state index is 13.6. The van der Waals surface area contributed by atoms with Gasteiger partial charge in [-0.25, -0.2) is 14.8 Å². The number of hydrogen-bond donors (Lipinski definition) is 2. The number of phenols is 1. The molecule has 2 amide bonds. The minimum Gasteiger partial charge on any atom is -0.504 e. The smallest absolute Gasteiger partial charge is 0.335 e. The largest absolute Gasteiger partial charge is 0.504 e. The van der Waals surface area contributed by atoms with Crippen LogP contribution in [0.5, 0.6) is 11.5 Å². The summed E-state index contributed by atoms with van der Waals surface area (Å²) >= 11 is 0. The van der Waals surface area contributed by atoms with Gasteiger partial charge < -0.3 is 14.9 Å². The minimum absolute atomic E-state index is 0.0450. The molecule has 0 spiro atoms. The van der Waals surface area contributed by atoms with E-state index in [0.29, 0.717) is 11.3 Å². The van der Waals surface area contributed by atoms with Gasteiger partial charge in [0.25, 0.3) is 5.91 Å². The van der Waals surface area contributed by atoms with Crippen LogP contribution in [-0.4, -0.2) is 41.2 Å². The van der Waals surface area contributed by atoms with E-state index in [4.69, 9.17) is 14.7 Å². The summed E-state index contributed by atoms with van der Waals surface area (Å²) in [5, 5.41) is 20.7. The SMILES string of the molecule is COc1cc([C@H]2[C@H]3C(=O)N(c4ccc(C(=O)O)cc4)C(=O)[C@H]3ON2c2ccccc2)ccc1O. The standard InChI is InChI=1S/C25H20N2O7/c1-33-19-13-15(9-12-18(19)28)21-20-22(34-27(21)17-5-3-2-4-6-17)24(30)26(23(20)29)16-10-7-14(8-11-16)25(31)32/h2-13,20-22,28H,1H3,(H,31,32)/t20-,21+,22+/m1/s1. The van der Waals surface area contributed by atoms with Crippen molar-refractivity contribution in [1.82, 2.24) is 0 Å². The van der Waals surface area contributed by atoms with Crippen LogP contribution in [0.15, 0.2) is 72.8 Å². The Labute approximate surface area is 194 Å². The van der Waals surface area contributed by atoms with E-state index in [9.17, 15) is 19.5 Å². The van der Waals surface area contributed by atoms with Crippen molar-refractivity contribution in [3.63, 3.8) is 0 Å². The summed E-state index contributed by atoms with van der Waals surface area (Å²) in [6.45, 7) is 0. The monoisotopic (exact) mass is 460 g/mol. The Morgan fingerprint density at radius 2 is 1.65 bits per heavy atom. The average molecular weight is 460 g/mol. The Bertz CT molecular complexity index is 1280. The van der Waals surface area contributed by atoms with Gasteiger partial charge in [-0.1, -0.05) is 24.3 Å². The third kappa shape index (κ3) is 3.34. The molecule has 2 N–H and O–H groups in total. The first-order valence-corrected chi connectivity index (χ1v) is 10.5. The second-order valence-electron chi connectivity index (χ2n) is 7.95. The number of carboxylic acids is 1. The number of rotatable bonds is 5. The van der Waals surface area contributed by atoms with Crippen molar-refractivity contribution in [2.24, 2.45) is 5.92 Å². The van der Waals surface area contributed by atoms with Gasteiger partial charge in [0.1, 0.15) is 5.92 Å². The first-order valence-electron chi connectivity index (χ1n) is 10.5. The molecular weight excluding hydrogens is 440 g/mol. The first kappa shape index (κ1) is 21.5. The molecule has 34 heavy (non-hydrogen) atoms. The van der Waals surface area contributed by atoms with E-state index in [-0.39, 0.29) is 22.7 Å². The number of nitrogens with zero attached hydrogens (tertiary/aromatic N) is 2. The topological polar surface area (TPSA) is 117 Å². The van der Waals surface area contributed by atoms with Crippen LogP contribution >= 0.6 is 0 Å². The van der Waals surface area contributed by atoms with E-state index in [0.717, 1.165) is 4.90 Å². The number of anilines is 2. The summed E-state index contributed by atoms with van der Waals surface area (Å²) < 4.78 is 5.25. The fourth-order valence-corrected chi connectivity index (χ4v) is 4.44. The Balaban J connectivity index is 1.57. The van der Waals surface area contributed by atoms with Crippen LogP contribution in [0, 0.1) is 5.92 Å². The number of aromatic carboxylic acids is 1. The number of amides is 2. The van der Waals surface area contributed by atoms with E-state index < -0.39 is 35.8 Å². The molecule has 9 nitrogen and oxygen atoms in total. The third-order valence-electron chi connectivity index (χ3n) is 6.04.